The number of rotatable bonds is 0. The van der Waals surface area contributed by atoms with Crippen LogP contribution in [-0.2, 0) is 0 Å². The second-order valence-electron chi connectivity index (χ2n) is 3.87. The second kappa shape index (κ2) is 3.72. The lowest BCUT2D eigenvalue weighted by Crippen LogP contribution is -2.26. The largest absolute Gasteiger partial charge is 0.384 e. The molecule has 0 radical (unpaired) electrons. The van der Waals surface area contributed by atoms with Crippen LogP contribution < -0.4 is 0 Å². The van der Waals surface area contributed by atoms with E-state index in [1.54, 1.807) is 0 Å². The van der Waals surface area contributed by atoms with Crippen molar-refractivity contribution in [1.82, 2.24) is 0 Å². The zero-order chi connectivity index (χ0) is 11.3. The lowest BCUT2D eigenvalue weighted by molar-refractivity contribution is 0.350. The molecule has 2 bridgehead atoms. The summed E-state index contributed by atoms with van der Waals surface area (Å²) < 4.78 is 0. The molecule has 0 amide bonds. The Labute approximate surface area is 108 Å². The van der Waals surface area contributed by atoms with Crippen LogP contribution in [0.15, 0.2) is 10.1 Å². The molecule has 1 saturated carbocycles. The highest BCUT2D eigenvalue weighted by Gasteiger charge is 2.62. The topological polar surface area (TPSA) is 20.2 Å². The summed E-state index contributed by atoms with van der Waals surface area (Å²) in [5.41, 5.74) is 0. The molecule has 0 aromatic rings. The highest BCUT2D eigenvalue weighted by atomic mass is 35.5. The van der Waals surface area contributed by atoms with E-state index in [1.165, 1.54) is 0 Å². The zero-order valence-electron chi connectivity index (χ0n) is 7.66. The Hall–Kier alpha value is 0.420. The Morgan fingerprint density at radius 3 is 2.47 bits per heavy atom. The summed E-state index contributed by atoms with van der Waals surface area (Å²) >= 11 is 24.8. The van der Waals surface area contributed by atoms with Crippen LogP contribution in [0, 0.1) is 17.8 Å². The Morgan fingerprint density at radius 1 is 1.33 bits per heavy atom. The molecule has 0 aromatic heterocycles. The van der Waals surface area contributed by atoms with Gasteiger partial charge in [0, 0.05) is 5.92 Å². The third kappa shape index (κ3) is 1.59. The summed E-state index contributed by atoms with van der Waals surface area (Å²) in [6, 6.07) is 0. The van der Waals surface area contributed by atoms with Crippen LogP contribution in [0.5, 0.6) is 0 Å². The van der Waals surface area contributed by atoms with Gasteiger partial charge in [-0.15, -0.1) is 23.2 Å². The fourth-order valence-electron chi connectivity index (χ4n) is 2.20. The molecule has 0 saturated heterocycles. The molecule has 0 heterocycles. The molecule has 2 aliphatic carbocycles. The Bertz CT molecular complexity index is 394. The second-order valence-corrected chi connectivity index (χ2v) is 6.02. The lowest BCUT2D eigenvalue weighted by atomic mass is 9.93. The van der Waals surface area contributed by atoms with Crippen molar-refractivity contribution in [2.45, 2.75) is 22.6 Å². The molecule has 5 heteroatoms. The van der Waals surface area contributed by atoms with Crippen molar-refractivity contribution in [1.29, 1.82) is 0 Å². The van der Waals surface area contributed by atoms with Gasteiger partial charge in [-0.25, -0.2) is 0 Å². The van der Waals surface area contributed by atoms with Crippen LogP contribution in [0.3, 0.4) is 0 Å². The smallest absolute Gasteiger partial charge is 0.104 e. The highest BCUT2D eigenvalue weighted by Crippen LogP contribution is 2.65. The van der Waals surface area contributed by atoms with E-state index < -0.39 is 9.75 Å². The minimum absolute atomic E-state index is 0.140. The van der Waals surface area contributed by atoms with Gasteiger partial charge in [0.15, 0.2) is 0 Å². The standard InChI is InChI=1S/C10H8Cl4O/c11-7-8(12)10(14)5-9(7,13)4-6(10)2-1-3-15/h6,15H,3-5H2. The van der Waals surface area contributed by atoms with E-state index in [0.29, 0.717) is 22.9 Å². The summed E-state index contributed by atoms with van der Waals surface area (Å²) in [5, 5.41) is 9.50. The number of aliphatic hydroxyl groups excluding tert-OH is 1. The van der Waals surface area contributed by atoms with Crippen LogP contribution in [0.25, 0.3) is 0 Å². The molecule has 2 rings (SSSR count). The van der Waals surface area contributed by atoms with Crippen molar-refractivity contribution in [3.8, 4) is 11.8 Å². The number of hydrogen-bond acceptors (Lipinski definition) is 1. The van der Waals surface area contributed by atoms with Crippen molar-refractivity contribution >= 4 is 46.4 Å². The average molecular weight is 286 g/mol. The van der Waals surface area contributed by atoms with Crippen LogP contribution >= 0.6 is 46.4 Å². The van der Waals surface area contributed by atoms with E-state index in [2.05, 4.69) is 11.8 Å². The molecule has 3 unspecified atom stereocenters. The van der Waals surface area contributed by atoms with Gasteiger partial charge in [-0.1, -0.05) is 35.0 Å². The lowest BCUT2D eigenvalue weighted by Gasteiger charge is -2.26. The minimum Gasteiger partial charge on any atom is -0.384 e. The third-order valence-corrected chi connectivity index (χ3v) is 5.35. The molecule has 1 nitrogen and oxygen atoms in total. The van der Waals surface area contributed by atoms with E-state index in [-0.39, 0.29) is 12.5 Å². The zero-order valence-corrected chi connectivity index (χ0v) is 10.7. The number of alkyl halides is 2. The third-order valence-electron chi connectivity index (χ3n) is 2.92. The van der Waals surface area contributed by atoms with E-state index in [0.717, 1.165) is 0 Å². The fraction of sp³-hybridized carbons (Fsp3) is 0.600. The van der Waals surface area contributed by atoms with E-state index >= 15 is 0 Å². The van der Waals surface area contributed by atoms with Crippen molar-refractivity contribution in [3.63, 3.8) is 0 Å². The van der Waals surface area contributed by atoms with Crippen molar-refractivity contribution in [2.75, 3.05) is 6.61 Å². The van der Waals surface area contributed by atoms with Gasteiger partial charge in [-0.2, -0.15) is 0 Å². The SMILES string of the molecule is OCC#CC1CC2(Cl)CC1(Cl)C(Cl)=C2Cl. The van der Waals surface area contributed by atoms with E-state index in [1.807, 2.05) is 0 Å². The maximum Gasteiger partial charge on any atom is 0.104 e. The average Bonchev–Trinajstić information content (AvgIpc) is 2.54. The predicted molar refractivity (Wildman–Crippen MR) is 63.5 cm³/mol. The van der Waals surface area contributed by atoms with Gasteiger partial charge in [0.1, 0.15) is 6.61 Å². The molecular weight excluding hydrogens is 278 g/mol. The van der Waals surface area contributed by atoms with Gasteiger partial charge in [0.05, 0.1) is 19.8 Å². The quantitative estimate of drug-likeness (QED) is 0.536. The number of allylic oxidation sites excluding steroid dienone is 2. The number of fused-ring (bicyclic) bond motifs is 2. The van der Waals surface area contributed by atoms with Crippen molar-refractivity contribution in [3.05, 3.63) is 10.1 Å². The Balaban J connectivity index is 2.39. The van der Waals surface area contributed by atoms with Crippen molar-refractivity contribution < 1.29 is 5.11 Å². The van der Waals surface area contributed by atoms with Gasteiger partial charge in [-0.3, -0.25) is 0 Å². The molecule has 15 heavy (non-hydrogen) atoms. The van der Waals surface area contributed by atoms with Crippen LogP contribution in [-0.4, -0.2) is 21.5 Å². The first-order valence-corrected chi connectivity index (χ1v) is 5.98. The molecule has 0 aliphatic heterocycles. The molecule has 3 atom stereocenters. The molecule has 1 fully saturated rings. The van der Waals surface area contributed by atoms with Crippen LogP contribution in [0.2, 0.25) is 0 Å². The first-order chi connectivity index (χ1) is 6.94. The number of aliphatic hydroxyl groups is 1. The molecule has 2 aliphatic rings. The molecule has 1 N–H and O–H groups in total. The normalized spacial score (nSPS) is 43.1. The highest BCUT2D eigenvalue weighted by molar-refractivity contribution is 6.51. The predicted octanol–water partition coefficient (Wildman–Crippen LogP) is 3.05. The maximum absolute atomic E-state index is 8.64. The molecule has 0 spiro atoms. The molecule has 82 valence electrons. The van der Waals surface area contributed by atoms with Crippen molar-refractivity contribution in [2.24, 2.45) is 5.92 Å². The summed E-state index contributed by atoms with van der Waals surface area (Å²) in [6.07, 6.45) is 1.09. The summed E-state index contributed by atoms with van der Waals surface area (Å²) in [7, 11) is 0. The van der Waals surface area contributed by atoms with Crippen LogP contribution in [0.1, 0.15) is 12.8 Å². The molecule has 0 aromatic carbocycles. The van der Waals surface area contributed by atoms with Gasteiger partial charge in [0.25, 0.3) is 0 Å². The minimum atomic E-state index is -0.761. The number of hydrogen-bond donors (Lipinski definition) is 1. The van der Waals surface area contributed by atoms with Gasteiger partial charge < -0.3 is 5.11 Å². The van der Waals surface area contributed by atoms with Gasteiger partial charge >= 0.3 is 0 Å². The van der Waals surface area contributed by atoms with E-state index in [4.69, 9.17) is 51.5 Å². The Morgan fingerprint density at radius 2 is 2.00 bits per heavy atom. The monoisotopic (exact) mass is 284 g/mol. The summed E-state index contributed by atoms with van der Waals surface area (Å²) in [5.74, 6) is 5.34. The summed E-state index contributed by atoms with van der Waals surface area (Å²) in [6.45, 7) is -0.187. The fourth-order valence-corrected chi connectivity index (χ4v) is 3.97. The van der Waals surface area contributed by atoms with Gasteiger partial charge in [-0.05, 0) is 12.8 Å². The summed E-state index contributed by atoms with van der Waals surface area (Å²) in [4.78, 5) is -1.42. The maximum atomic E-state index is 8.64. The van der Waals surface area contributed by atoms with Crippen LogP contribution in [0.4, 0.5) is 0 Å². The van der Waals surface area contributed by atoms with E-state index in [9.17, 15) is 0 Å². The first-order valence-electron chi connectivity index (χ1n) is 4.47. The van der Waals surface area contributed by atoms with Gasteiger partial charge in [0.2, 0.25) is 0 Å². The first kappa shape index (κ1) is 11.9. The Kier molecular flexibility index (Phi) is 2.95. The molecular formula is C10H8Cl4O. The number of halogens is 4.